The van der Waals surface area contributed by atoms with Crippen molar-refractivity contribution in [1.29, 1.82) is 0 Å². The lowest BCUT2D eigenvalue weighted by Gasteiger charge is -2.30. The lowest BCUT2D eigenvalue weighted by molar-refractivity contribution is -0.126. The van der Waals surface area contributed by atoms with Gasteiger partial charge in [0.15, 0.2) is 11.5 Å². The van der Waals surface area contributed by atoms with Crippen LogP contribution in [0.5, 0.6) is 11.5 Å². The van der Waals surface area contributed by atoms with Gasteiger partial charge in [0.05, 0.1) is 19.1 Å². The summed E-state index contributed by atoms with van der Waals surface area (Å²) < 4.78 is 37.8. The number of ether oxygens (including phenoxy) is 2. The van der Waals surface area contributed by atoms with E-state index in [1.54, 1.807) is 6.07 Å². The maximum atomic E-state index is 13.0. The van der Waals surface area contributed by atoms with Gasteiger partial charge in [-0.25, -0.2) is 8.42 Å². The van der Waals surface area contributed by atoms with Crippen LogP contribution in [-0.4, -0.2) is 52.5 Å². The average Bonchev–Trinajstić information content (AvgIpc) is 2.79. The number of methoxy groups -OCH3 is 2. The minimum Gasteiger partial charge on any atom is -0.493 e. The number of carbonyl (C=O) groups excluding carboxylic acids is 1. The minimum absolute atomic E-state index is 0.0304. The molecule has 0 aliphatic carbocycles. The first kappa shape index (κ1) is 23.4. The maximum Gasteiger partial charge on any atom is 0.243 e. The Labute approximate surface area is 188 Å². The van der Waals surface area contributed by atoms with E-state index in [0.717, 1.165) is 12.0 Å². The Hall–Kier alpha value is -2.29. The molecular formula is C22H27ClN2O5S. The number of carbonyl (C=O) groups is 1. The summed E-state index contributed by atoms with van der Waals surface area (Å²) >= 11 is 5.88. The van der Waals surface area contributed by atoms with Crippen molar-refractivity contribution in [1.82, 2.24) is 9.62 Å². The van der Waals surface area contributed by atoms with Crippen molar-refractivity contribution in [3.63, 3.8) is 0 Å². The van der Waals surface area contributed by atoms with Gasteiger partial charge in [0, 0.05) is 36.6 Å². The highest BCUT2D eigenvalue weighted by atomic mass is 35.5. The first-order valence-electron chi connectivity index (χ1n) is 10.1. The van der Waals surface area contributed by atoms with E-state index < -0.39 is 10.0 Å². The zero-order chi connectivity index (χ0) is 22.4. The predicted molar refractivity (Wildman–Crippen MR) is 119 cm³/mol. The molecule has 168 valence electrons. The number of benzene rings is 2. The number of amides is 1. The summed E-state index contributed by atoms with van der Waals surface area (Å²) in [6, 6.07) is 12.1. The summed E-state index contributed by atoms with van der Waals surface area (Å²) in [6.45, 7) is 1.13. The molecule has 0 atom stereocenters. The summed E-state index contributed by atoms with van der Waals surface area (Å²) in [6.07, 6.45) is 1.69. The topological polar surface area (TPSA) is 84.9 Å². The molecule has 0 saturated carbocycles. The van der Waals surface area contributed by atoms with Crippen LogP contribution in [0.25, 0.3) is 0 Å². The van der Waals surface area contributed by atoms with E-state index in [9.17, 15) is 13.2 Å². The molecule has 31 heavy (non-hydrogen) atoms. The van der Waals surface area contributed by atoms with E-state index >= 15 is 0 Å². The summed E-state index contributed by atoms with van der Waals surface area (Å²) in [7, 11) is -0.709. The standard InChI is InChI=1S/C22H27ClN2O5S/c1-29-20-8-7-19(15-21(20)30-2)31(27,28)25-13-10-17(11-14-25)22(26)24-12-9-16-3-5-18(23)6-4-16/h3-8,15,17H,9-14H2,1-2H3,(H,24,26). The number of hydrogen-bond acceptors (Lipinski definition) is 5. The molecule has 0 radical (unpaired) electrons. The van der Waals surface area contributed by atoms with Gasteiger partial charge in [0.1, 0.15) is 0 Å². The van der Waals surface area contributed by atoms with Gasteiger partial charge in [0.25, 0.3) is 0 Å². The summed E-state index contributed by atoms with van der Waals surface area (Å²) in [5.41, 5.74) is 1.10. The second-order valence-electron chi connectivity index (χ2n) is 7.36. The Morgan fingerprint density at radius 3 is 2.32 bits per heavy atom. The van der Waals surface area contributed by atoms with E-state index in [-0.39, 0.29) is 16.7 Å². The summed E-state index contributed by atoms with van der Waals surface area (Å²) in [4.78, 5) is 12.6. The van der Waals surface area contributed by atoms with E-state index in [1.807, 2.05) is 24.3 Å². The first-order chi connectivity index (χ1) is 14.8. The Morgan fingerprint density at radius 1 is 1.06 bits per heavy atom. The molecule has 2 aromatic carbocycles. The smallest absolute Gasteiger partial charge is 0.243 e. The highest BCUT2D eigenvalue weighted by molar-refractivity contribution is 7.89. The van der Waals surface area contributed by atoms with Gasteiger partial charge in [-0.15, -0.1) is 0 Å². The number of piperidine rings is 1. The molecule has 1 fully saturated rings. The molecule has 1 amide bonds. The first-order valence-corrected chi connectivity index (χ1v) is 11.9. The van der Waals surface area contributed by atoms with Gasteiger partial charge >= 0.3 is 0 Å². The van der Waals surface area contributed by atoms with Crippen molar-refractivity contribution < 1.29 is 22.7 Å². The lowest BCUT2D eigenvalue weighted by Crippen LogP contribution is -2.43. The summed E-state index contributed by atoms with van der Waals surface area (Å²) in [5.74, 6) is 0.605. The molecular weight excluding hydrogens is 440 g/mol. The molecule has 0 aromatic heterocycles. The van der Waals surface area contributed by atoms with E-state index in [0.29, 0.717) is 49.0 Å². The largest absolute Gasteiger partial charge is 0.493 e. The van der Waals surface area contributed by atoms with Gasteiger partial charge in [-0.2, -0.15) is 4.31 Å². The van der Waals surface area contributed by atoms with Crippen molar-refractivity contribution in [2.24, 2.45) is 5.92 Å². The molecule has 0 bridgehead atoms. The molecule has 1 aliphatic heterocycles. The van der Waals surface area contributed by atoms with Crippen LogP contribution in [0.3, 0.4) is 0 Å². The maximum absolute atomic E-state index is 13.0. The fourth-order valence-electron chi connectivity index (χ4n) is 3.61. The zero-order valence-corrected chi connectivity index (χ0v) is 19.2. The molecule has 7 nitrogen and oxygen atoms in total. The monoisotopic (exact) mass is 466 g/mol. The van der Waals surface area contributed by atoms with Crippen LogP contribution < -0.4 is 14.8 Å². The van der Waals surface area contributed by atoms with Gasteiger partial charge in [-0.3, -0.25) is 4.79 Å². The third-order valence-corrected chi connectivity index (χ3v) is 7.59. The molecule has 0 unspecified atom stereocenters. The van der Waals surface area contributed by atoms with Crippen molar-refractivity contribution in [3.8, 4) is 11.5 Å². The SMILES string of the molecule is COc1ccc(S(=O)(=O)N2CCC(C(=O)NCCc3ccc(Cl)cc3)CC2)cc1OC. The minimum atomic E-state index is -3.67. The van der Waals surface area contributed by atoms with E-state index in [4.69, 9.17) is 21.1 Å². The lowest BCUT2D eigenvalue weighted by atomic mass is 9.97. The van der Waals surface area contributed by atoms with Crippen LogP contribution >= 0.6 is 11.6 Å². The molecule has 2 aromatic rings. The molecule has 9 heteroatoms. The third kappa shape index (κ3) is 5.70. The Bertz CT molecular complexity index is 1000. The fraction of sp³-hybridized carbons (Fsp3) is 0.409. The van der Waals surface area contributed by atoms with Crippen molar-refractivity contribution in [2.45, 2.75) is 24.2 Å². The fourth-order valence-corrected chi connectivity index (χ4v) is 5.22. The Kier molecular flexibility index (Phi) is 7.80. The highest BCUT2D eigenvalue weighted by Crippen LogP contribution is 2.32. The number of nitrogens with zero attached hydrogens (tertiary/aromatic N) is 1. The van der Waals surface area contributed by atoms with Crippen LogP contribution in [-0.2, 0) is 21.2 Å². The Morgan fingerprint density at radius 2 is 1.71 bits per heavy atom. The third-order valence-electron chi connectivity index (χ3n) is 5.44. The van der Waals surface area contributed by atoms with Gasteiger partial charge in [-0.05, 0) is 49.1 Å². The second kappa shape index (κ2) is 10.3. The van der Waals surface area contributed by atoms with Gasteiger partial charge < -0.3 is 14.8 Å². The number of hydrogen-bond donors (Lipinski definition) is 1. The molecule has 0 spiro atoms. The quantitative estimate of drug-likeness (QED) is 0.646. The number of halogens is 1. The molecule has 3 rings (SSSR count). The number of sulfonamides is 1. The molecule has 1 aliphatic rings. The van der Waals surface area contributed by atoms with Crippen molar-refractivity contribution in [3.05, 3.63) is 53.1 Å². The Balaban J connectivity index is 1.53. The molecule has 1 heterocycles. The van der Waals surface area contributed by atoms with Gasteiger partial charge in [0.2, 0.25) is 15.9 Å². The zero-order valence-electron chi connectivity index (χ0n) is 17.6. The van der Waals surface area contributed by atoms with Crippen molar-refractivity contribution >= 4 is 27.5 Å². The molecule has 1 saturated heterocycles. The highest BCUT2D eigenvalue weighted by Gasteiger charge is 2.32. The van der Waals surface area contributed by atoms with Crippen LogP contribution in [0, 0.1) is 5.92 Å². The number of rotatable bonds is 8. The summed E-state index contributed by atoms with van der Waals surface area (Å²) in [5, 5.41) is 3.64. The average molecular weight is 467 g/mol. The van der Waals surface area contributed by atoms with Crippen LogP contribution in [0.1, 0.15) is 18.4 Å². The predicted octanol–water partition coefficient (Wildman–Crippen LogP) is 3.12. The number of nitrogens with one attached hydrogen (secondary N) is 1. The van der Waals surface area contributed by atoms with Crippen LogP contribution in [0.2, 0.25) is 5.02 Å². The van der Waals surface area contributed by atoms with Gasteiger partial charge in [-0.1, -0.05) is 23.7 Å². The van der Waals surface area contributed by atoms with E-state index in [1.165, 1.54) is 30.7 Å². The normalized spacial score (nSPS) is 15.5. The van der Waals surface area contributed by atoms with Crippen LogP contribution in [0.15, 0.2) is 47.4 Å². The molecule has 1 N–H and O–H groups in total. The second-order valence-corrected chi connectivity index (χ2v) is 9.74. The van der Waals surface area contributed by atoms with E-state index in [2.05, 4.69) is 5.32 Å². The van der Waals surface area contributed by atoms with Crippen molar-refractivity contribution in [2.75, 3.05) is 33.9 Å². The van der Waals surface area contributed by atoms with Crippen LogP contribution in [0.4, 0.5) is 0 Å².